The van der Waals surface area contributed by atoms with E-state index in [-0.39, 0.29) is 11.1 Å². The van der Waals surface area contributed by atoms with E-state index < -0.39 is 0 Å². The van der Waals surface area contributed by atoms with E-state index in [1.807, 2.05) is 26.0 Å². The van der Waals surface area contributed by atoms with Crippen LogP contribution in [-0.4, -0.2) is 22.4 Å². The summed E-state index contributed by atoms with van der Waals surface area (Å²) in [6.07, 6.45) is 0. The van der Waals surface area contributed by atoms with Gasteiger partial charge in [-0.05, 0) is 38.1 Å². The molecule has 20 heavy (non-hydrogen) atoms. The molecule has 5 nitrogen and oxygen atoms in total. The molecule has 2 aromatic heterocycles. The predicted octanol–water partition coefficient (Wildman–Crippen LogP) is 3.12. The lowest BCUT2D eigenvalue weighted by atomic mass is 10.2. The highest BCUT2D eigenvalue weighted by molar-refractivity contribution is 6.30. The number of hydrogen-bond acceptors (Lipinski definition) is 4. The van der Waals surface area contributed by atoms with Gasteiger partial charge in [-0.1, -0.05) is 17.7 Å². The number of rotatable bonds is 4. The van der Waals surface area contributed by atoms with Crippen LogP contribution >= 0.6 is 11.6 Å². The molecule has 0 saturated carbocycles. The lowest BCUT2D eigenvalue weighted by molar-refractivity contribution is 0.102. The van der Waals surface area contributed by atoms with Crippen LogP contribution in [0.3, 0.4) is 0 Å². The first kappa shape index (κ1) is 14.3. The fourth-order valence-corrected chi connectivity index (χ4v) is 1.91. The zero-order valence-electron chi connectivity index (χ0n) is 11.3. The van der Waals surface area contributed by atoms with Crippen molar-refractivity contribution in [2.75, 3.05) is 17.2 Å². The quantitative estimate of drug-likeness (QED) is 0.849. The van der Waals surface area contributed by atoms with Gasteiger partial charge in [0.05, 0.1) is 0 Å². The number of aryl methyl sites for hydroxylation is 1. The van der Waals surface area contributed by atoms with Crippen LogP contribution in [-0.2, 0) is 0 Å². The zero-order chi connectivity index (χ0) is 14.5. The smallest absolute Gasteiger partial charge is 0.257 e. The number of halogens is 1. The van der Waals surface area contributed by atoms with E-state index in [1.165, 1.54) is 6.07 Å². The molecule has 0 spiro atoms. The van der Waals surface area contributed by atoms with Crippen LogP contribution in [0.15, 0.2) is 30.3 Å². The molecule has 0 bridgehead atoms. The van der Waals surface area contributed by atoms with E-state index in [1.54, 1.807) is 12.1 Å². The molecule has 1 amide bonds. The number of hydrogen-bond donors (Lipinski definition) is 2. The second-order valence-electron chi connectivity index (χ2n) is 4.21. The third-order valence-corrected chi connectivity index (χ3v) is 2.74. The third-order valence-electron chi connectivity index (χ3n) is 2.54. The van der Waals surface area contributed by atoms with E-state index in [0.717, 1.165) is 5.69 Å². The molecule has 0 aromatic carbocycles. The minimum Gasteiger partial charge on any atom is -0.370 e. The minimum absolute atomic E-state index is 0.269. The number of nitrogens with zero attached hydrogens (tertiary/aromatic N) is 2. The van der Waals surface area contributed by atoms with Crippen LogP contribution in [0.4, 0.5) is 11.6 Å². The Morgan fingerprint density at radius 2 is 2.05 bits per heavy atom. The van der Waals surface area contributed by atoms with Crippen molar-refractivity contribution in [2.45, 2.75) is 13.8 Å². The summed E-state index contributed by atoms with van der Waals surface area (Å²) in [7, 11) is 0. The van der Waals surface area contributed by atoms with Crippen molar-refractivity contribution in [1.82, 2.24) is 9.97 Å². The number of nitrogens with one attached hydrogen (secondary N) is 2. The highest BCUT2D eigenvalue weighted by atomic mass is 35.5. The van der Waals surface area contributed by atoms with Crippen molar-refractivity contribution in [3.8, 4) is 0 Å². The summed E-state index contributed by atoms with van der Waals surface area (Å²) in [5, 5.41) is 6.03. The van der Waals surface area contributed by atoms with Crippen LogP contribution in [0.25, 0.3) is 0 Å². The van der Waals surface area contributed by atoms with Gasteiger partial charge in [0.15, 0.2) is 0 Å². The molecule has 2 N–H and O–H groups in total. The zero-order valence-corrected chi connectivity index (χ0v) is 12.0. The maximum absolute atomic E-state index is 12.2. The van der Waals surface area contributed by atoms with Gasteiger partial charge >= 0.3 is 0 Å². The van der Waals surface area contributed by atoms with Gasteiger partial charge in [-0.15, -0.1) is 0 Å². The van der Waals surface area contributed by atoms with Crippen molar-refractivity contribution >= 4 is 29.1 Å². The van der Waals surface area contributed by atoms with Crippen LogP contribution in [0, 0.1) is 6.92 Å². The van der Waals surface area contributed by atoms with E-state index in [2.05, 4.69) is 20.6 Å². The number of carbonyl (C=O) groups excluding carboxylic acids is 1. The molecular weight excluding hydrogens is 276 g/mol. The summed E-state index contributed by atoms with van der Waals surface area (Å²) in [4.78, 5) is 20.5. The monoisotopic (exact) mass is 290 g/mol. The van der Waals surface area contributed by atoms with Crippen LogP contribution in [0.5, 0.6) is 0 Å². The molecular formula is C14H15ClN4O. The highest BCUT2D eigenvalue weighted by Gasteiger charge is 2.10. The molecule has 0 aliphatic heterocycles. The maximum Gasteiger partial charge on any atom is 0.257 e. The number of carbonyl (C=O) groups is 1. The summed E-state index contributed by atoms with van der Waals surface area (Å²) >= 11 is 5.91. The largest absolute Gasteiger partial charge is 0.370 e. The Kier molecular flexibility index (Phi) is 4.53. The molecule has 2 heterocycles. The van der Waals surface area contributed by atoms with E-state index in [9.17, 15) is 4.79 Å². The molecule has 6 heteroatoms. The first-order valence-corrected chi connectivity index (χ1v) is 6.62. The van der Waals surface area contributed by atoms with E-state index >= 15 is 0 Å². The Hall–Kier alpha value is -2.14. The minimum atomic E-state index is -0.272. The first-order chi connectivity index (χ1) is 9.58. The standard InChI is InChI=1S/C14H15ClN4O/c1-3-16-13-8-10(7-11(15)18-13)14(20)19-12-6-4-5-9(2)17-12/h4-8H,3H2,1-2H3,(H,16,18)(H,17,19,20). The lowest BCUT2D eigenvalue weighted by Gasteiger charge is -2.08. The topological polar surface area (TPSA) is 66.9 Å². The Morgan fingerprint density at radius 3 is 2.75 bits per heavy atom. The second-order valence-corrected chi connectivity index (χ2v) is 4.60. The van der Waals surface area contributed by atoms with Gasteiger partial charge in [-0.25, -0.2) is 9.97 Å². The average Bonchev–Trinajstić information content (AvgIpc) is 2.38. The maximum atomic E-state index is 12.2. The van der Waals surface area contributed by atoms with Crippen molar-refractivity contribution in [3.05, 3.63) is 46.7 Å². The Morgan fingerprint density at radius 1 is 1.25 bits per heavy atom. The lowest BCUT2D eigenvalue weighted by Crippen LogP contribution is -2.14. The molecule has 0 atom stereocenters. The van der Waals surface area contributed by atoms with Gasteiger partial charge in [0.1, 0.15) is 16.8 Å². The Bertz CT molecular complexity index is 630. The Balaban J connectivity index is 2.20. The summed E-state index contributed by atoms with van der Waals surface area (Å²) in [5.41, 5.74) is 1.27. The first-order valence-electron chi connectivity index (χ1n) is 6.25. The van der Waals surface area contributed by atoms with E-state index in [4.69, 9.17) is 11.6 Å². The molecule has 0 unspecified atom stereocenters. The van der Waals surface area contributed by atoms with Crippen LogP contribution in [0.2, 0.25) is 5.15 Å². The molecule has 0 saturated heterocycles. The van der Waals surface area contributed by atoms with Gasteiger partial charge in [-0.3, -0.25) is 4.79 Å². The van der Waals surface area contributed by atoms with E-state index in [0.29, 0.717) is 23.7 Å². The SMILES string of the molecule is CCNc1cc(C(=O)Nc2cccc(C)n2)cc(Cl)n1. The summed E-state index contributed by atoms with van der Waals surface area (Å²) < 4.78 is 0. The van der Waals surface area contributed by atoms with Crippen molar-refractivity contribution < 1.29 is 4.79 Å². The summed E-state index contributed by atoms with van der Waals surface area (Å²) in [6.45, 7) is 4.51. The van der Waals surface area contributed by atoms with Crippen molar-refractivity contribution in [1.29, 1.82) is 0 Å². The van der Waals surface area contributed by atoms with Crippen molar-refractivity contribution in [3.63, 3.8) is 0 Å². The molecule has 0 aliphatic rings. The predicted molar refractivity (Wildman–Crippen MR) is 80.3 cm³/mol. The third kappa shape index (κ3) is 3.68. The summed E-state index contributed by atoms with van der Waals surface area (Å²) in [5.74, 6) is 0.807. The van der Waals surface area contributed by atoms with Gasteiger partial charge in [-0.2, -0.15) is 0 Å². The fourth-order valence-electron chi connectivity index (χ4n) is 1.70. The molecule has 2 rings (SSSR count). The number of anilines is 2. The second kappa shape index (κ2) is 6.34. The van der Waals surface area contributed by atoms with Crippen LogP contribution in [0.1, 0.15) is 23.0 Å². The molecule has 0 fully saturated rings. The highest BCUT2D eigenvalue weighted by Crippen LogP contribution is 2.16. The Labute approximate surface area is 122 Å². The van der Waals surface area contributed by atoms with Gasteiger partial charge in [0, 0.05) is 17.8 Å². The van der Waals surface area contributed by atoms with Crippen LogP contribution < -0.4 is 10.6 Å². The average molecular weight is 291 g/mol. The normalized spacial score (nSPS) is 10.2. The molecule has 0 aliphatic carbocycles. The van der Waals surface area contributed by atoms with Gasteiger partial charge in [0.2, 0.25) is 0 Å². The fraction of sp³-hybridized carbons (Fsp3) is 0.214. The molecule has 2 aromatic rings. The number of amides is 1. The number of pyridine rings is 2. The number of aromatic nitrogens is 2. The van der Waals surface area contributed by atoms with Gasteiger partial charge in [0.25, 0.3) is 5.91 Å². The summed E-state index contributed by atoms with van der Waals surface area (Å²) in [6, 6.07) is 8.61. The molecule has 104 valence electrons. The molecule has 0 radical (unpaired) electrons. The van der Waals surface area contributed by atoms with Crippen molar-refractivity contribution in [2.24, 2.45) is 0 Å². The van der Waals surface area contributed by atoms with Gasteiger partial charge < -0.3 is 10.6 Å².